The van der Waals surface area contributed by atoms with Gasteiger partial charge in [-0.15, -0.1) is 0 Å². The highest BCUT2D eigenvalue weighted by Crippen LogP contribution is 2.33. The quantitative estimate of drug-likeness (QED) is 0.759. The van der Waals surface area contributed by atoms with Gasteiger partial charge in [-0.25, -0.2) is 9.36 Å². The summed E-state index contributed by atoms with van der Waals surface area (Å²) >= 11 is 7.26. The predicted octanol–water partition coefficient (Wildman–Crippen LogP) is 3.21. The Hall–Kier alpha value is -2.18. The number of nitrogens with two attached hydrogens (primary N) is 1. The van der Waals surface area contributed by atoms with E-state index >= 15 is 0 Å². The fourth-order valence-electron chi connectivity index (χ4n) is 1.79. The van der Waals surface area contributed by atoms with E-state index in [2.05, 4.69) is 14.3 Å². The maximum Gasteiger partial charge on any atom is 0.142 e. The molecule has 3 rings (SSSR count). The van der Waals surface area contributed by atoms with E-state index in [4.69, 9.17) is 17.3 Å². The zero-order valence-corrected chi connectivity index (χ0v) is 11.7. The Balaban J connectivity index is 2.20. The number of aromatic nitrogens is 3. The van der Waals surface area contributed by atoms with Crippen LogP contribution >= 0.6 is 23.1 Å². The van der Waals surface area contributed by atoms with Crippen molar-refractivity contribution in [2.24, 2.45) is 0 Å². The Morgan fingerprint density at radius 2 is 2.00 bits per heavy atom. The van der Waals surface area contributed by atoms with Crippen LogP contribution in [0.1, 0.15) is 0 Å². The molecular formula is C13H9ClN4OS. The molecule has 5 nitrogen and oxygen atoms in total. The van der Waals surface area contributed by atoms with Crippen molar-refractivity contribution in [3.05, 3.63) is 41.0 Å². The monoisotopic (exact) mass is 304 g/mol. The molecule has 0 unspecified atom stereocenters. The third-order valence-corrected chi connectivity index (χ3v) is 3.61. The molecular weight excluding hydrogens is 296 g/mol. The number of benzene rings is 1. The number of rotatable bonds is 2. The summed E-state index contributed by atoms with van der Waals surface area (Å²) < 4.78 is 4.06. The van der Waals surface area contributed by atoms with E-state index in [1.54, 1.807) is 18.3 Å². The van der Waals surface area contributed by atoms with Crippen LogP contribution in [-0.4, -0.2) is 19.4 Å². The average Bonchev–Trinajstić information content (AvgIpc) is 2.96. The zero-order valence-electron chi connectivity index (χ0n) is 10.1. The smallest absolute Gasteiger partial charge is 0.142 e. The van der Waals surface area contributed by atoms with Gasteiger partial charge < -0.3 is 10.8 Å². The van der Waals surface area contributed by atoms with Gasteiger partial charge in [0.2, 0.25) is 0 Å². The van der Waals surface area contributed by atoms with Crippen LogP contribution in [0.15, 0.2) is 36.0 Å². The second-order valence-electron chi connectivity index (χ2n) is 4.07. The lowest BCUT2D eigenvalue weighted by Crippen LogP contribution is -1.97. The molecule has 0 amide bonds. The van der Waals surface area contributed by atoms with Crippen molar-refractivity contribution < 1.29 is 5.11 Å². The molecule has 3 N–H and O–H groups in total. The van der Waals surface area contributed by atoms with Gasteiger partial charge >= 0.3 is 0 Å². The molecule has 100 valence electrons. The summed E-state index contributed by atoms with van der Waals surface area (Å²) in [5, 5.41) is 11.6. The van der Waals surface area contributed by atoms with E-state index in [0.717, 1.165) is 11.1 Å². The van der Waals surface area contributed by atoms with Crippen molar-refractivity contribution in [2.45, 2.75) is 0 Å². The number of nitrogens with zero attached hydrogens (tertiary/aromatic N) is 3. The van der Waals surface area contributed by atoms with E-state index in [-0.39, 0.29) is 10.8 Å². The van der Waals surface area contributed by atoms with Crippen molar-refractivity contribution >= 4 is 29.0 Å². The molecule has 1 aromatic carbocycles. The molecule has 0 radical (unpaired) electrons. The van der Waals surface area contributed by atoms with Gasteiger partial charge in [0.05, 0.1) is 23.1 Å². The summed E-state index contributed by atoms with van der Waals surface area (Å²) in [6.07, 6.45) is 3.19. The second kappa shape index (κ2) is 5.07. The van der Waals surface area contributed by atoms with E-state index in [1.165, 1.54) is 23.8 Å². The van der Waals surface area contributed by atoms with Crippen LogP contribution in [0.4, 0.5) is 5.82 Å². The van der Waals surface area contributed by atoms with Crippen molar-refractivity contribution in [1.29, 1.82) is 0 Å². The van der Waals surface area contributed by atoms with Crippen molar-refractivity contribution in [3.8, 4) is 28.3 Å². The van der Waals surface area contributed by atoms with E-state index in [1.807, 2.05) is 5.38 Å². The first kappa shape index (κ1) is 12.8. The number of anilines is 1. The first-order valence-electron chi connectivity index (χ1n) is 5.66. The number of hydrogen-bond donors (Lipinski definition) is 2. The minimum atomic E-state index is 0.0255. The Kier molecular flexibility index (Phi) is 3.25. The number of halogens is 1. The topological polar surface area (TPSA) is 84.9 Å². The van der Waals surface area contributed by atoms with Crippen LogP contribution < -0.4 is 5.73 Å². The van der Waals surface area contributed by atoms with Crippen LogP contribution in [0.25, 0.3) is 22.5 Å². The standard InChI is InChI=1S/C13H9ClN4OS/c14-9-3-7(1-2-10(9)19)12-13(8-4-17-20-6-8)18-11(15)5-16-12/h1-6,19H,(H2,15,18). The summed E-state index contributed by atoms with van der Waals surface area (Å²) in [4.78, 5) is 8.64. The molecule has 0 aliphatic carbocycles. The Bertz CT molecular complexity index is 761. The van der Waals surface area contributed by atoms with Crippen LogP contribution in [0, 0.1) is 0 Å². The summed E-state index contributed by atoms with van der Waals surface area (Å²) in [5.41, 5.74) is 8.58. The molecule has 2 heterocycles. The van der Waals surface area contributed by atoms with Crippen molar-refractivity contribution in [2.75, 3.05) is 5.73 Å². The number of nitrogen functional groups attached to an aromatic ring is 1. The van der Waals surface area contributed by atoms with Gasteiger partial charge in [-0.3, -0.25) is 4.98 Å². The lowest BCUT2D eigenvalue weighted by Gasteiger charge is -2.08. The largest absolute Gasteiger partial charge is 0.506 e. The summed E-state index contributed by atoms with van der Waals surface area (Å²) in [7, 11) is 0. The molecule has 0 saturated heterocycles. The molecule has 0 aliphatic heterocycles. The highest BCUT2D eigenvalue weighted by atomic mass is 35.5. The van der Waals surface area contributed by atoms with E-state index in [0.29, 0.717) is 17.2 Å². The van der Waals surface area contributed by atoms with Crippen LogP contribution in [-0.2, 0) is 0 Å². The normalized spacial score (nSPS) is 10.7. The van der Waals surface area contributed by atoms with Crippen molar-refractivity contribution in [1.82, 2.24) is 14.3 Å². The molecule has 0 fully saturated rings. The third kappa shape index (κ3) is 2.31. The van der Waals surface area contributed by atoms with Gasteiger partial charge in [0, 0.05) is 16.5 Å². The molecule has 0 saturated carbocycles. The molecule has 20 heavy (non-hydrogen) atoms. The number of hydrogen-bond acceptors (Lipinski definition) is 6. The van der Waals surface area contributed by atoms with Crippen LogP contribution in [0.2, 0.25) is 5.02 Å². The van der Waals surface area contributed by atoms with E-state index < -0.39 is 0 Å². The lowest BCUT2D eigenvalue weighted by atomic mass is 10.1. The van der Waals surface area contributed by atoms with Gasteiger partial charge in [0.1, 0.15) is 17.3 Å². The van der Waals surface area contributed by atoms with Gasteiger partial charge in [0.15, 0.2) is 0 Å². The van der Waals surface area contributed by atoms with Gasteiger partial charge in [-0.1, -0.05) is 11.6 Å². The SMILES string of the molecule is Nc1cnc(-c2ccc(O)c(Cl)c2)c(-c2cnsc2)n1. The highest BCUT2D eigenvalue weighted by molar-refractivity contribution is 7.03. The molecule has 0 bridgehead atoms. The number of aromatic hydroxyl groups is 1. The molecule has 7 heteroatoms. The minimum Gasteiger partial charge on any atom is -0.506 e. The van der Waals surface area contributed by atoms with Crippen LogP contribution in [0.5, 0.6) is 5.75 Å². The summed E-state index contributed by atoms with van der Waals surface area (Å²) in [6.45, 7) is 0. The van der Waals surface area contributed by atoms with Gasteiger partial charge in [-0.05, 0) is 29.7 Å². The third-order valence-electron chi connectivity index (χ3n) is 2.72. The molecule has 3 aromatic rings. The molecule has 0 spiro atoms. The Labute approximate surface area is 123 Å². The fourth-order valence-corrected chi connectivity index (χ4v) is 2.49. The zero-order chi connectivity index (χ0) is 14.1. The lowest BCUT2D eigenvalue weighted by molar-refractivity contribution is 0.475. The Morgan fingerprint density at radius 1 is 1.15 bits per heavy atom. The maximum absolute atomic E-state index is 9.49. The summed E-state index contributed by atoms with van der Waals surface area (Å²) in [5.74, 6) is 0.359. The first-order chi connectivity index (χ1) is 9.65. The highest BCUT2D eigenvalue weighted by Gasteiger charge is 2.13. The van der Waals surface area contributed by atoms with Crippen molar-refractivity contribution in [3.63, 3.8) is 0 Å². The molecule has 0 atom stereocenters. The summed E-state index contributed by atoms with van der Waals surface area (Å²) in [6, 6.07) is 4.89. The first-order valence-corrected chi connectivity index (χ1v) is 6.88. The van der Waals surface area contributed by atoms with E-state index in [9.17, 15) is 5.11 Å². The van der Waals surface area contributed by atoms with Gasteiger partial charge in [0.25, 0.3) is 0 Å². The van der Waals surface area contributed by atoms with Gasteiger partial charge in [-0.2, -0.15) is 0 Å². The maximum atomic E-state index is 9.49. The average molecular weight is 305 g/mol. The number of phenols is 1. The molecule has 0 aliphatic rings. The Morgan fingerprint density at radius 3 is 2.70 bits per heavy atom. The number of phenolic OH excluding ortho intramolecular Hbond substituents is 1. The predicted molar refractivity (Wildman–Crippen MR) is 79.7 cm³/mol. The minimum absolute atomic E-state index is 0.0255. The van der Waals surface area contributed by atoms with Crippen LogP contribution in [0.3, 0.4) is 0 Å². The second-order valence-corrected chi connectivity index (χ2v) is 5.14. The fraction of sp³-hybridized carbons (Fsp3) is 0. The molecule has 2 aromatic heterocycles.